The number of nitrogens with one attached hydrogen (secondary N) is 1. The molecule has 1 unspecified atom stereocenters. The summed E-state index contributed by atoms with van der Waals surface area (Å²) >= 11 is 0. The zero-order chi connectivity index (χ0) is 11.4. The van der Waals surface area contributed by atoms with Gasteiger partial charge in [0.25, 0.3) is 0 Å². The number of hydrogen-bond donors (Lipinski definition) is 2. The molecule has 1 heterocycles. The molecular weight excluding hydrogens is 202 g/mol. The molecule has 1 aliphatic rings. The summed E-state index contributed by atoms with van der Waals surface area (Å²) < 4.78 is 0. The van der Waals surface area contributed by atoms with Crippen LogP contribution < -0.4 is 11.1 Å². The largest absolute Gasteiger partial charge is 0.368 e. The highest BCUT2D eigenvalue weighted by molar-refractivity contribution is 5.80. The third-order valence-electron chi connectivity index (χ3n) is 3.03. The summed E-state index contributed by atoms with van der Waals surface area (Å²) in [5, 5.41) is 3.29. The van der Waals surface area contributed by atoms with Gasteiger partial charge in [-0.1, -0.05) is 18.9 Å². The number of amides is 1. The quantitative estimate of drug-likeness (QED) is 0.798. The van der Waals surface area contributed by atoms with Gasteiger partial charge in [0.05, 0.1) is 5.69 Å². The minimum atomic E-state index is -0.454. The van der Waals surface area contributed by atoms with Crippen LogP contribution in [0.5, 0.6) is 0 Å². The van der Waals surface area contributed by atoms with Crippen molar-refractivity contribution < 1.29 is 4.79 Å². The average molecular weight is 219 g/mol. The maximum atomic E-state index is 11.4. The van der Waals surface area contributed by atoms with Crippen molar-refractivity contribution >= 4 is 5.91 Å². The lowest BCUT2D eigenvalue weighted by atomic mass is 10.1. The minimum absolute atomic E-state index is 0.356. The van der Waals surface area contributed by atoms with E-state index < -0.39 is 6.04 Å². The Bertz CT molecular complexity index is 347. The van der Waals surface area contributed by atoms with E-state index in [1.807, 2.05) is 18.2 Å². The minimum Gasteiger partial charge on any atom is -0.368 e. The zero-order valence-electron chi connectivity index (χ0n) is 9.23. The van der Waals surface area contributed by atoms with E-state index in [1.54, 1.807) is 6.20 Å². The summed E-state index contributed by atoms with van der Waals surface area (Å²) in [7, 11) is 0. The predicted molar refractivity (Wildman–Crippen MR) is 61.6 cm³/mol. The summed E-state index contributed by atoms with van der Waals surface area (Å²) in [5.74, 6) is -0.356. The Labute approximate surface area is 95.3 Å². The number of hydrogen-bond acceptors (Lipinski definition) is 3. The molecule has 1 aromatic heterocycles. The van der Waals surface area contributed by atoms with Crippen molar-refractivity contribution in [2.24, 2.45) is 5.73 Å². The lowest BCUT2D eigenvalue weighted by Crippen LogP contribution is -2.39. The van der Waals surface area contributed by atoms with Crippen LogP contribution in [-0.4, -0.2) is 16.9 Å². The third kappa shape index (κ3) is 2.58. The highest BCUT2D eigenvalue weighted by Crippen LogP contribution is 2.21. The second-order valence-corrected chi connectivity index (χ2v) is 4.24. The van der Waals surface area contributed by atoms with E-state index in [0.717, 1.165) is 12.8 Å². The Morgan fingerprint density at radius 3 is 2.75 bits per heavy atom. The van der Waals surface area contributed by atoms with Gasteiger partial charge in [-0.25, -0.2) is 0 Å². The third-order valence-corrected chi connectivity index (χ3v) is 3.03. The molecule has 1 fully saturated rings. The molecule has 1 aliphatic carbocycles. The number of carbonyl (C=O) groups is 1. The molecule has 0 radical (unpaired) electrons. The highest BCUT2D eigenvalue weighted by Gasteiger charge is 2.24. The van der Waals surface area contributed by atoms with Crippen LogP contribution in [0.1, 0.15) is 37.4 Å². The Morgan fingerprint density at radius 2 is 2.19 bits per heavy atom. The number of pyridine rings is 1. The lowest BCUT2D eigenvalue weighted by molar-refractivity contribution is -0.120. The molecule has 1 atom stereocenters. The molecule has 86 valence electrons. The lowest BCUT2D eigenvalue weighted by Gasteiger charge is -2.19. The molecule has 1 saturated carbocycles. The fourth-order valence-electron chi connectivity index (χ4n) is 2.19. The fraction of sp³-hybridized carbons (Fsp3) is 0.500. The zero-order valence-corrected chi connectivity index (χ0v) is 9.23. The summed E-state index contributed by atoms with van der Waals surface area (Å²) in [6.07, 6.45) is 6.38. The van der Waals surface area contributed by atoms with E-state index in [0.29, 0.717) is 11.7 Å². The number of nitrogens with two attached hydrogens (primary N) is 1. The topological polar surface area (TPSA) is 68.0 Å². The normalized spacial score (nSPS) is 18.5. The van der Waals surface area contributed by atoms with Gasteiger partial charge in [0.2, 0.25) is 5.91 Å². The Kier molecular flexibility index (Phi) is 3.51. The Balaban J connectivity index is 2.08. The van der Waals surface area contributed by atoms with E-state index in [9.17, 15) is 4.79 Å². The van der Waals surface area contributed by atoms with Gasteiger partial charge in [-0.3, -0.25) is 15.1 Å². The smallest absolute Gasteiger partial charge is 0.240 e. The molecule has 16 heavy (non-hydrogen) atoms. The van der Waals surface area contributed by atoms with Gasteiger partial charge in [0.15, 0.2) is 0 Å². The first-order valence-electron chi connectivity index (χ1n) is 5.73. The van der Waals surface area contributed by atoms with Gasteiger partial charge in [-0.05, 0) is 25.0 Å². The van der Waals surface area contributed by atoms with Crippen LogP contribution in [0.3, 0.4) is 0 Å². The molecule has 2 rings (SSSR count). The number of carbonyl (C=O) groups excluding carboxylic acids is 1. The predicted octanol–water partition coefficient (Wildman–Crippen LogP) is 1.14. The van der Waals surface area contributed by atoms with E-state index in [1.165, 1.54) is 12.8 Å². The Hall–Kier alpha value is -1.42. The molecule has 0 saturated heterocycles. The van der Waals surface area contributed by atoms with Crippen LogP contribution in [0.15, 0.2) is 24.4 Å². The van der Waals surface area contributed by atoms with Crippen molar-refractivity contribution in [1.29, 1.82) is 0 Å². The number of rotatable bonds is 4. The number of nitrogens with zero attached hydrogens (tertiary/aromatic N) is 1. The van der Waals surface area contributed by atoms with Gasteiger partial charge in [-0.15, -0.1) is 0 Å². The molecule has 0 aromatic carbocycles. The summed E-state index contributed by atoms with van der Waals surface area (Å²) in [4.78, 5) is 15.6. The van der Waals surface area contributed by atoms with Crippen molar-refractivity contribution in [3.63, 3.8) is 0 Å². The maximum absolute atomic E-state index is 11.4. The molecular formula is C12H17N3O. The second kappa shape index (κ2) is 5.07. The highest BCUT2D eigenvalue weighted by atomic mass is 16.1. The molecule has 0 aliphatic heterocycles. The van der Waals surface area contributed by atoms with E-state index >= 15 is 0 Å². The summed E-state index contributed by atoms with van der Waals surface area (Å²) in [6.45, 7) is 0. The second-order valence-electron chi connectivity index (χ2n) is 4.24. The number of primary amides is 1. The van der Waals surface area contributed by atoms with E-state index in [4.69, 9.17) is 5.73 Å². The standard InChI is InChI=1S/C12H17N3O/c13-12(16)11(10-7-3-4-8-14-10)15-9-5-1-2-6-9/h3-4,7-9,11,15H,1-2,5-6H2,(H2,13,16). The summed E-state index contributed by atoms with van der Waals surface area (Å²) in [5.41, 5.74) is 6.12. The molecule has 1 amide bonds. The van der Waals surface area contributed by atoms with Crippen LogP contribution in [0.2, 0.25) is 0 Å². The average Bonchev–Trinajstić information content (AvgIpc) is 2.79. The SMILES string of the molecule is NC(=O)C(NC1CCCC1)c1ccccn1. The summed E-state index contributed by atoms with van der Waals surface area (Å²) in [6, 6.07) is 5.48. The Morgan fingerprint density at radius 1 is 1.44 bits per heavy atom. The molecule has 3 N–H and O–H groups in total. The molecule has 4 nitrogen and oxygen atoms in total. The van der Waals surface area contributed by atoms with Crippen molar-refractivity contribution in [3.05, 3.63) is 30.1 Å². The maximum Gasteiger partial charge on any atom is 0.240 e. The van der Waals surface area contributed by atoms with Crippen LogP contribution in [0.4, 0.5) is 0 Å². The van der Waals surface area contributed by atoms with Crippen molar-refractivity contribution in [2.75, 3.05) is 0 Å². The first kappa shape index (κ1) is 11.1. The van der Waals surface area contributed by atoms with Crippen LogP contribution in [0, 0.1) is 0 Å². The van der Waals surface area contributed by atoms with Gasteiger partial charge < -0.3 is 5.73 Å². The van der Waals surface area contributed by atoms with Crippen LogP contribution >= 0.6 is 0 Å². The number of aromatic nitrogens is 1. The molecule has 0 bridgehead atoms. The van der Waals surface area contributed by atoms with E-state index in [2.05, 4.69) is 10.3 Å². The van der Waals surface area contributed by atoms with Crippen molar-refractivity contribution in [2.45, 2.75) is 37.8 Å². The molecule has 1 aromatic rings. The van der Waals surface area contributed by atoms with Gasteiger partial charge in [0.1, 0.15) is 6.04 Å². The van der Waals surface area contributed by atoms with Crippen molar-refractivity contribution in [1.82, 2.24) is 10.3 Å². The van der Waals surface area contributed by atoms with Crippen LogP contribution in [-0.2, 0) is 4.79 Å². The first-order chi connectivity index (χ1) is 7.77. The first-order valence-corrected chi connectivity index (χ1v) is 5.73. The van der Waals surface area contributed by atoms with Crippen LogP contribution in [0.25, 0.3) is 0 Å². The monoisotopic (exact) mass is 219 g/mol. The van der Waals surface area contributed by atoms with Gasteiger partial charge >= 0.3 is 0 Å². The molecule has 4 heteroatoms. The fourth-order valence-corrected chi connectivity index (χ4v) is 2.19. The van der Waals surface area contributed by atoms with E-state index in [-0.39, 0.29) is 5.91 Å². The van der Waals surface area contributed by atoms with Crippen molar-refractivity contribution in [3.8, 4) is 0 Å². The van der Waals surface area contributed by atoms with Gasteiger partial charge in [-0.2, -0.15) is 0 Å². The molecule has 0 spiro atoms. The van der Waals surface area contributed by atoms with Gasteiger partial charge in [0, 0.05) is 12.2 Å².